The quantitative estimate of drug-likeness (QED) is 0.767. The first-order valence-corrected chi connectivity index (χ1v) is 4.95. The second kappa shape index (κ2) is 3.21. The molecular weight excluding hydrogens is 174 g/mol. The molecule has 0 unspecified atom stereocenters. The van der Waals surface area contributed by atoms with E-state index in [2.05, 4.69) is 31.2 Å². The zero-order chi connectivity index (χ0) is 10.2. The van der Waals surface area contributed by atoms with Crippen molar-refractivity contribution >= 4 is 5.78 Å². The topological polar surface area (TPSA) is 43.1 Å². The zero-order valence-corrected chi connectivity index (χ0v) is 8.42. The van der Waals surface area contributed by atoms with Crippen molar-refractivity contribution in [3.8, 4) is 0 Å². The Bertz CT molecular complexity index is 345. The molecule has 1 fully saturated rings. The van der Waals surface area contributed by atoms with Gasteiger partial charge >= 0.3 is 0 Å². The monoisotopic (exact) mass is 189 g/mol. The van der Waals surface area contributed by atoms with Gasteiger partial charge < -0.3 is 5.73 Å². The Hall–Kier alpha value is -1.15. The molecule has 2 nitrogen and oxygen atoms in total. The van der Waals surface area contributed by atoms with Crippen LogP contribution < -0.4 is 5.73 Å². The predicted molar refractivity (Wildman–Crippen MR) is 56.2 cm³/mol. The molecule has 0 heterocycles. The number of ketones is 1. The number of benzene rings is 1. The fraction of sp³-hybridized carbons (Fsp3) is 0.417. The van der Waals surface area contributed by atoms with E-state index in [-0.39, 0.29) is 5.41 Å². The highest BCUT2D eigenvalue weighted by Gasteiger charge is 2.43. The van der Waals surface area contributed by atoms with Gasteiger partial charge in [0.1, 0.15) is 5.78 Å². The van der Waals surface area contributed by atoms with E-state index < -0.39 is 0 Å². The summed E-state index contributed by atoms with van der Waals surface area (Å²) in [4.78, 5) is 11.1. The lowest BCUT2D eigenvalue weighted by Crippen LogP contribution is -2.47. The molecule has 14 heavy (non-hydrogen) atoms. The van der Waals surface area contributed by atoms with E-state index in [1.165, 1.54) is 11.1 Å². The molecule has 0 atom stereocenters. The zero-order valence-electron chi connectivity index (χ0n) is 8.42. The molecule has 1 aromatic rings. The van der Waals surface area contributed by atoms with Crippen molar-refractivity contribution in [3.05, 3.63) is 35.4 Å². The van der Waals surface area contributed by atoms with Gasteiger partial charge in [-0.1, -0.05) is 29.8 Å². The van der Waals surface area contributed by atoms with E-state index in [1.807, 2.05) is 0 Å². The molecule has 0 spiro atoms. The average Bonchev–Trinajstić information content (AvgIpc) is 2.14. The predicted octanol–water partition coefficient (Wildman–Crippen LogP) is 1.55. The summed E-state index contributed by atoms with van der Waals surface area (Å²) in [5.74, 6) is 0.330. The van der Waals surface area contributed by atoms with Gasteiger partial charge in [0.2, 0.25) is 0 Å². The molecule has 1 saturated carbocycles. The number of Topliss-reactive ketones (excluding diaryl/α,β-unsaturated/α-hetero) is 1. The van der Waals surface area contributed by atoms with Gasteiger partial charge in [-0.15, -0.1) is 0 Å². The third kappa shape index (κ3) is 1.36. The molecule has 0 aliphatic heterocycles. The maximum atomic E-state index is 11.1. The van der Waals surface area contributed by atoms with E-state index in [1.54, 1.807) is 0 Å². The smallest absolute Gasteiger partial charge is 0.134 e. The largest absolute Gasteiger partial charge is 0.330 e. The van der Waals surface area contributed by atoms with Gasteiger partial charge in [-0.3, -0.25) is 4.79 Å². The molecule has 1 aromatic carbocycles. The van der Waals surface area contributed by atoms with Gasteiger partial charge in [0.15, 0.2) is 0 Å². The Morgan fingerprint density at radius 1 is 1.29 bits per heavy atom. The van der Waals surface area contributed by atoms with Crippen molar-refractivity contribution in [2.24, 2.45) is 5.73 Å². The summed E-state index contributed by atoms with van der Waals surface area (Å²) < 4.78 is 0. The van der Waals surface area contributed by atoms with Crippen LogP contribution in [0.1, 0.15) is 24.0 Å². The number of aryl methyl sites for hydroxylation is 1. The summed E-state index contributed by atoms with van der Waals surface area (Å²) in [6, 6.07) is 8.34. The van der Waals surface area contributed by atoms with Gasteiger partial charge in [0, 0.05) is 24.8 Å². The number of carbonyl (C=O) groups is 1. The highest BCUT2D eigenvalue weighted by Crippen LogP contribution is 2.40. The summed E-state index contributed by atoms with van der Waals surface area (Å²) in [5, 5.41) is 0. The number of rotatable bonds is 2. The second-order valence-electron chi connectivity index (χ2n) is 4.24. The highest BCUT2D eigenvalue weighted by atomic mass is 16.1. The Morgan fingerprint density at radius 2 is 1.86 bits per heavy atom. The minimum atomic E-state index is -0.0508. The maximum absolute atomic E-state index is 11.1. The molecule has 0 aromatic heterocycles. The Labute approximate surface area is 84.1 Å². The van der Waals surface area contributed by atoms with Crippen LogP contribution >= 0.6 is 0 Å². The summed E-state index contributed by atoms with van der Waals surface area (Å²) >= 11 is 0. The second-order valence-corrected chi connectivity index (χ2v) is 4.24. The molecule has 0 radical (unpaired) electrons. The first-order valence-electron chi connectivity index (χ1n) is 4.95. The lowest BCUT2D eigenvalue weighted by molar-refractivity contribution is -0.128. The van der Waals surface area contributed by atoms with Crippen LogP contribution in [0.25, 0.3) is 0 Å². The van der Waals surface area contributed by atoms with Crippen LogP contribution in [0.3, 0.4) is 0 Å². The third-order valence-electron chi connectivity index (χ3n) is 3.13. The summed E-state index contributed by atoms with van der Waals surface area (Å²) in [6.07, 6.45) is 1.24. The highest BCUT2D eigenvalue weighted by molar-refractivity contribution is 5.88. The van der Waals surface area contributed by atoms with Gasteiger partial charge in [0.25, 0.3) is 0 Å². The van der Waals surface area contributed by atoms with E-state index in [4.69, 9.17) is 5.73 Å². The number of nitrogens with two attached hydrogens (primary N) is 1. The van der Waals surface area contributed by atoms with Crippen LogP contribution in [0.2, 0.25) is 0 Å². The van der Waals surface area contributed by atoms with Crippen molar-refractivity contribution in [1.29, 1.82) is 0 Å². The van der Waals surface area contributed by atoms with Crippen LogP contribution in [0.15, 0.2) is 24.3 Å². The van der Waals surface area contributed by atoms with Crippen LogP contribution in [-0.2, 0) is 10.2 Å². The standard InChI is InChI=1S/C12H15NO/c1-9-2-4-10(5-3-9)12(8-13)6-11(14)7-12/h2-5H,6-8,13H2,1H3. The number of hydrogen-bond acceptors (Lipinski definition) is 2. The Kier molecular flexibility index (Phi) is 2.16. The SMILES string of the molecule is Cc1ccc(C2(CN)CC(=O)C2)cc1. The first kappa shape index (κ1) is 9.41. The van der Waals surface area contributed by atoms with E-state index in [9.17, 15) is 4.79 Å². The molecule has 2 heteroatoms. The summed E-state index contributed by atoms with van der Waals surface area (Å²) in [7, 11) is 0. The number of carbonyl (C=O) groups excluding carboxylic acids is 1. The van der Waals surface area contributed by atoms with Gasteiger partial charge in [-0.2, -0.15) is 0 Å². The Balaban J connectivity index is 2.29. The molecule has 1 aliphatic rings. The van der Waals surface area contributed by atoms with Crippen molar-refractivity contribution in [1.82, 2.24) is 0 Å². The van der Waals surface area contributed by atoms with Crippen LogP contribution in [-0.4, -0.2) is 12.3 Å². The molecule has 0 amide bonds. The van der Waals surface area contributed by atoms with Crippen molar-refractivity contribution in [2.45, 2.75) is 25.2 Å². The minimum absolute atomic E-state index is 0.0508. The molecule has 2 rings (SSSR count). The van der Waals surface area contributed by atoms with Crippen molar-refractivity contribution in [3.63, 3.8) is 0 Å². The van der Waals surface area contributed by atoms with Gasteiger partial charge in [-0.05, 0) is 12.5 Å². The van der Waals surface area contributed by atoms with Crippen molar-refractivity contribution in [2.75, 3.05) is 6.54 Å². The van der Waals surface area contributed by atoms with Gasteiger partial charge in [0.05, 0.1) is 0 Å². The molecule has 0 saturated heterocycles. The average molecular weight is 189 g/mol. The molecule has 74 valence electrons. The molecule has 1 aliphatic carbocycles. The van der Waals surface area contributed by atoms with E-state index >= 15 is 0 Å². The third-order valence-corrected chi connectivity index (χ3v) is 3.13. The fourth-order valence-corrected chi connectivity index (χ4v) is 2.08. The maximum Gasteiger partial charge on any atom is 0.134 e. The Morgan fingerprint density at radius 3 is 2.29 bits per heavy atom. The lowest BCUT2D eigenvalue weighted by atomic mass is 9.63. The minimum Gasteiger partial charge on any atom is -0.330 e. The van der Waals surface area contributed by atoms with Crippen LogP contribution in [0.4, 0.5) is 0 Å². The van der Waals surface area contributed by atoms with E-state index in [0.29, 0.717) is 25.2 Å². The molecule has 2 N–H and O–H groups in total. The fourth-order valence-electron chi connectivity index (χ4n) is 2.08. The van der Waals surface area contributed by atoms with Gasteiger partial charge in [-0.25, -0.2) is 0 Å². The lowest BCUT2D eigenvalue weighted by Gasteiger charge is -2.40. The van der Waals surface area contributed by atoms with Crippen LogP contribution in [0.5, 0.6) is 0 Å². The van der Waals surface area contributed by atoms with Crippen molar-refractivity contribution < 1.29 is 4.79 Å². The summed E-state index contributed by atoms with van der Waals surface area (Å²) in [6.45, 7) is 2.63. The number of hydrogen-bond donors (Lipinski definition) is 1. The first-order chi connectivity index (χ1) is 6.66. The van der Waals surface area contributed by atoms with Crippen LogP contribution in [0, 0.1) is 6.92 Å². The molecular formula is C12H15NO. The molecule has 0 bridgehead atoms. The normalized spacial score (nSPS) is 19.1. The summed E-state index contributed by atoms with van der Waals surface area (Å²) in [5.41, 5.74) is 8.15. The van der Waals surface area contributed by atoms with E-state index in [0.717, 1.165) is 0 Å².